The van der Waals surface area contributed by atoms with Gasteiger partial charge in [0.1, 0.15) is 23.8 Å². The van der Waals surface area contributed by atoms with Gasteiger partial charge in [-0.05, 0) is 42.9 Å². The summed E-state index contributed by atoms with van der Waals surface area (Å²) in [5.41, 5.74) is 2.40. The molecular formula is C33H44ClN5O8. The average molecular weight is 674 g/mol. The lowest BCUT2D eigenvalue weighted by Gasteiger charge is -2.35. The van der Waals surface area contributed by atoms with E-state index in [-0.39, 0.29) is 32.0 Å². The Labute approximate surface area is 279 Å². The van der Waals surface area contributed by atoms with E-state index in [0.717, 1.165) is 18.4 Å². The number of ketones is 1. The van der Waals surface area contributed by atoms with Crippen LogP contribution in [-0.4, -0.2) is 90.1 Å². The van der Waals surface area contributed by atoms with Crippen LogP contribution in [0.2, 0.25) is 5.02 Å². The first-order valence-corrected chi connectivity index (χ1v) is 16.6. The number of Topliss-reactive ketones (excluding diaryl/α,β-unsaturated/α-hetero) is 1. The number of hydroxylamine groups is 1. The summed E-state index contributed by atoms with van der Waals surface area (Å²) in [7, 11) is 0. The van der Waals surface area contributed by atoms with Gasteiger partial charge < -0.3 is 30.3 Å². The van der Waals surface area contributed by atoms with Gasteiger partial charge in [0.2, 0.25) is 17.6 Å². The number of carbonyl (C=O) groups is 5. The van der Waals surface area contributed by atoms with Gasteiger partial charge in [-0.25, -0.2) is 4.79 Å². The van der Waals surface area contributed by atoms with Crippen molar-refractivity contribution in [1.82, 2.24) is 26.3 Å². The van der Waals surface area contributed by atoms with Crippen LogP contribution >= 0.6 is 11.6 Å². The Morgan fingerprint density at radius 2 is 1.91 bits per heavy atom. The van der Waals surface area contributed by atoms with Crippen molar-refractivity contribution in [2.45, 2.75) is 102 Å². The van der Waals surface area contributed by atoms with Crippen LogP contribution in [0.3, 0.4) is 0 Å². The van der Waals surface area contributed by atoms with Gasteiger partial charge in [0.25, 0.3) is 5.91 Å². The van der Waals surface area contributed by atoms with Crippen molar-refractivity contribution in [2.24, 2.45) is 5.41 Å². The summed E-state index contributed by atoms with van der Waals surface area (Å²) >= 11 is 6.22. The number of halogens is 1. The molecule has 4 N–H and O–H groups in total. The Bertz CT molecular complexity index is 1420. The zero-order valence-electron chi connectivity index (χ0n) is 27.2. The van der Waals surface area contributed by atoms with E-state index < -0.39 is 64.8 Å². The van der Waals surface area contributed by atoms with Gasteiger partial charge in [-0.2, -0.15) is 0 Å². The maximum atomic E-state index is 14.4. The SMILES string of the molecule is CCC[C@H](NC(=O)[C@@H]1C[C@]2(C=C(c3cccc(Cl)c3)NO2)CN1C(=O)[C@@H](NC(=O)O[C@H]1CCOC1)C(C)(C)C)C(=O)C(=O)NC1CC1. The summed E-state index contributed by atoms with van der Waals surface area (Å²) in [6.07, 6.45) is 3.64. The van der Waals surface area contributed by atoms with Crippen LogP contribution in [0.15, 0.2) is 30.3 Å². The number of benzene rings is 1. The van der Waals surface area contributed by atoms with Gasteiger partial charge in [0.15, 0.2) is 0 Å². The molecule has 1 aromatic rings. The van der Waals surface area contributed by atoms with E-state index in [1.807, 2.05) is 19.1 Å². The number of likely N-dealkylation sites (tertiary alicyclic amines) is 1. The van der Waals surface area contributed by atoms with Gasteiger partial charge >= 0.3 is 6.09 Å². The molecule has 47 heavy (non-hydrogen) atoms. The van der Waals surface area contributed by atoms with Crippen molar-refractivity contribution >= 4 is 46.9 Å². The number of ether oxygens (including phenoxy) is 2. The molecular weight excluding hydrogens is 630 g/mol. The summed E-state index contributed by atoms with van der Waals surface area (Å²) in [6, 6.07) is 3.90. The molecule has 0 unspecified atom stereocenters. The molecule has 3 fully saturated rings. The number of carbonyl (C=O) groups excluding carboxylic acids is 5. The van der Waals surface area contributed by atoms with Crippen LogP contribution in [0.25, 0.3) is 5.70 Å². The molecule has 3 heterocycles. The molecule has 2 saturated heterocycles. The standard InChI is InChI=1S/C33H44ClN5O8/c1-5-7-23(26(40)29(42)35-21-10-11-21)36-28(41)25-16-33(15-24(38-47-33)19-8-6-9-20(34)14-19)18-39(25)30(43)27(32(2,3)4)37-31(44)46-22-12-13-45-17-22/h6,8-9,14-15,21-23,25,27,38H,5,7,10-13,16-18H2,1-4H3,(H,35,42)(H,36,41)(H,37,44)/t22-,23-,25-,27+,33+/m0/s1. The third-order valence-corrected chi connectivity index (χ3v) is 8.96. The number of nitrogens with one attached hydrogen (secondary N) is 4. The highest BCUT2D eigenvalue weighted by atomic mass is 35.5. The highest BCUT2D eigenvalue weighted by Crippen LogP contribution is 2.39. The Morgan fingerprint density at radius 1 is 1.15 bits per heavy atom. The fourth-order valence-corrected chi connectivity index (χ4v) is 6.20. The second-order valence-corrected chi connectivity index (χ2v) is 14.3. The molecule has 1 saturated carbocycles. The lowest BCUT2D eigenvalue weighted by molar-refractivity contribution is -0.144. The van der Waals surface area contributed by atoms with Crippen molar-refractivity contribution in [3.8, 4) is 0 Å². The fraction of sp³-hybridized carbons (Fsp3) is 0.606. The summed E-state index contributed by atoms with van der Waals surface area (Å²) in [5.74, 6) is -2.59. The minimum atomic E-state index is -1.12. The van der Waals surface area contributed by atoms with Gasteiger partial charge in [-0.15, -0.1) is 0 Å². The maximum absolute atomic E-state index is 14.4. The molecule has 4 amide bonds. The summed E-state index contributed by atoms with van der Waals surface area (Å²) < 4.78 is 10.8. The Morgan fingerprint density at radius 3 is 2.55 bits per heavy atom. The number of rotatable bonds is 11. The van der Waals surface area contributed by atoms with Gasteiger partial charge in [0.05, 0.1) is 31.5 Å². The number of alkyl carbamates (subject to hydrolysis) is 1. The summed E-state index contributed by atoms with van der Waals surface area (Å²) in [5, 5.41) is 8.70. The quantitative estimate of drug-likeness (QED) is 0.259. The highest BCUT2D eigenvalue weighted by molar-refractivity contribution is 6.38. The third-order valence-electron chi connectivity index (χ3n) is 8.73. The molecule has 4 aliphatic rings. The lowest BCUT2D eigenvalue weighted by atomic mass is 9.85. The van der Waals surface area contributed by atoms with Crippen LogP contribution in [0.5, 0.6) is 0 Å². The molecule has 5 rings (SSSR count). The van der Waals surface area contributed by atoms with Crippen molar-refractivity contribution in [3.05, 3.63) is 40.9 Å². The summed E-state index contributed by atoms with van der Waals surface area (Å²) in [4.78, 5) is 74.6. The molecule has 0 bridgehead atoms. The molecule has 1 aromatic carbocycles. The van der Waals surface area contributed by atoms with Crippen molar-refractivity contribution < 1.29 is 38.3 Å². The predicted octanol–water partition coefficient (Wildman–Crippen LogP) is 2.62. The van der Waals surface area contributed by atoms with Gasteiger partial charge in [-0.3, -0.25) is 29.5 Å². The molecule has 1 spiro atoms. The monoisotopic (exact) mass is 673 g/mol. The minimum absolute atomic E-state index is 0.0190. The smallest absolute Gasteiger partial charge is 0.408 e. The van der Waals surface area contributed by atoms with E-state index in [4.69, 9.17) is 25.9 Å². The van der Waals surface area contributed by atoms with Crippen LogP contribution in [0.4, 0.5) is 4.79 Å². The van der Waals surface area contributed by atoms with E-state index in [0.29, 0.717) is 30.2 Å². The zero-order valence-corrected chi connectivity index (χ0v) is 28.0. The first-order chi connectivity index (χ1) is 22.3. The van der Waals surface area contributed by atoms with Gasteiger partial charge in [-0.1, -0.05) is 57.8 Å². The first kappa shape index (κ1) is 34.6. The lowest BCUT2D eigenvalue weighted by Crippen LogP contribution is -2.59. The Balaban J connectivity index is 1.41. The molecule has 256 valence electrons. The zero-order chi connectivity index (χ0) is 33.9. The second kappa shape index (κ2) is 14.2. The molecule has 0 radical (unpaired) electrons. The molecule has 1 aliphatic carbocycles. The normalized spacial score (nSPS) is 25.0. The molecule has 0 aromatic heterocycles. The number of hydrogen-bond acceptors (Lipinski definition) is 9. The van der Waals surface area contributed by atoms with E-state index in [1.54, 1.807) is 39.0 Å². The number of hydrogen-bond donors (Lipinski definition) is 4. The highest BCUT2D eigenvalue weighted by Gasteiger charge is 2.54. The Hall–Kier alpha value is -3.68. The number of nitrogens with zero attached hydrogens (tertiary/aromatic N) is 1. The van der Waals surface area contributed by atoms with Crippen molar-refractivity contribution in [2.75, 3.05) is 19.8 Å². The fourth-order valence-electron chi connectivity index (χ4n) is 6.01. The van der Waals surface area contributed by atoms with E-state index in [9.17, 15) is 24.0 Å². The second-order valence-electron chi connectivity index (χ2n) is 13.8. The van der Waals surface area contributed by atoms with Crippen LogP contribution < -0.4 is 21.4 Å². The topological polar surface area (TPSA) is 164 Å². The largest absolute Gasteiger partial charge is 0.444 e. The van der Waals surface area contributed by atoms with Crippen LogP contribution in [0, 0.1) is 5.41 Å². The minimum Gasteiger partial charge on any atom is -0.444 e. The molecule has 13 nitrogen and oxygen atoms in total. The predicted molar refractivity (Wildman–Crippen MR) is 172 cm³/mol. The van der Waals surface area contributed by atoms with E-state index in [1.165, 1.54) is 4.90 Å². The Kier molecular flexibility index (Phi) is 10.5. The van der Waals surface area contributed by atoms with Crippen molar-refractivity contribution in [3.63, 3.8) is 0 Å². The van der Waals surface area contributed by atoms with Crippen LogP contribution in [0.1, 0.15) is 71.8 Å². The molecule has 3 aliphatic heterocycles. The maximum Gasteiger partial charge on any atom is 0.408 e. The van der Waals surface area contributed by atoms with Crippen LogP contribution in [-0.2, 0) is 33.5 Å². The third kappa shape index (κ3) is 8.43. The molecule has 5 atom stereocenters. The van der Waals surface area contributed by atoms with Crippen molar-refractivity contribution in [1.29, 1.82) is 0 Å². The average Bonchev–Trinajstić information content (AvgIpc) is 3.37. The summed E-state index contributed by atoms with van der Waals surface area (Å²) in [6.45, 7) is 7.98. The first-order valence-electron chi connectivity index (χ1n) is 16.2. The van der Waals surface area contributed by atoms with Gasteiger partial charge in [0, 0.05) is 29.5 Å². The molecule has 14 heteroatoms. The van der Waals surface area contributed by atoms with E-state index >= 15 is 0 Å². The number of amides is 4. The van der Waals surface area contributed by atoms with E-state index in [2.05, 4.69) is 21.4 Å².